The van der Waals surface area contributed by atoms with Gasteiger partial charge >= 0.3 is 0 Å². The third kappa shape index (κ3) is 5.71. The highest BCUT2D eigenvalue weighted by Gasteiger charge is 2.34. The monoisotopic (exact) mass is 465 g/mol. The minimum Gasteiger partial charge on any atom is -0.382 e. The van der Waals surface area contributed by atoms with Crippen LogP contribution in [0.4, 0.5) is 10.2 Å². The third-order valence-corrected chi connectivity index (χ3v) is 5.83. The van der Waals surface area contributed by atoms with Crippen LogP contribution in [0.25, 0.3) is 11.3 Å². The maximum Gasteiger partial charge on any atom is 0.256 e. The minimum absolute atomic E-state index is 0.0124. The fourth-order valence-corrected chi connectivity index (χ4v) is 3.94. The van der Waals surface area contributed by atoms with Gasteiger partial charge in [0.1, 0.15) is 5.69 Å². The molecule has 1 aromatic carbocycles. The van der Waals surface area contributed by atoms with Gasteiger partial charge in [0.15, 0.2) is 11.6 Å². The van der Waals surface area contributed by atoms with E-state index < -0.39 is 11.2 Å². The van der Waals surface area contributed by atoms with E-state index in [2.05, 4.69) is 10.4 Å². The number of ether oxygens (including phenoxy) is 2. The topological polar surface area (TPSA) is 65.4 Å². The molecule has 0 amide bonds. The molecule has 3 rings (SSSR count). The molecule has 31 heavy (non-hydrogen) atoms. The highest BCUT2D eigenvalue weighted by atomic mass is 35.5. The second-order valence-electron chi connectivity index (χ2n) is 7.58. The molecule has 0 bridgehead atoms. The van der Waals surface area contributed by atoms with Gasteiger partial charge in [0, 0.05) is 17.6 Å². The lowest BCUT2D eigenvalue weighted by atomic mass is 9.93. The first-order valence-electron chi connectivity index (χ1n) is 9.77. The van der Waals surface area contributed by atoms with Gasteiger partial charge in [-0.25, -0.2) is 4.39 Å². The van der Waals surface area contributed by atoms with E-state index in [1.165, 1.54) is 11.3 Å². The highest BCUT2D eigenvalue weighted by molar-refractivity contribution is 7.16. The molecule has 0 saturated heterocycles. The van der Waals surface area contributed by atoms with Crippen molar-refractivity contribution in [3.05, 3.63) is 57.5 Å². The number of halogens is 2. The van der Waals surface area contributed by atoms with E-state index in [0.29, 0.717) is 29.7 Å². The zero-order valence-electron chi connectivity index (χ0n) is 17.7. The predicted molar refractivity (Wildman–Crippen MR) is 121 cm³/mol. The number of anilines is 1. The molecule has 2 aromatic heterocycles. The van der Waals surface area contributed by atoms with Gasteiger partial charge in [0.25, 0.3) is 5.91 Å². The van der Waals surface area contributed by atoms with Crippen molar-refractivity contribution in [1.29, 1.82) is 0 Å². The van der Waals surface area contributed by atoms with Gasteiger partial charge in [-0.05, 0) is 26.0 Å². The molecular formula is C22H25ClFN3O3S. The highest BCUT2D eigenvalue weighted by Crippen LogP contribution is 2.31. The van der Waals surface area contributed by atoms with Crippen molar-refractivity contribution in [2.45, 2.75) is 20.4 Å². The van der Waals surface area contributed by atoms with E-state index >= 15 is 4.39 Å². The van der Waals surface area contributed by atoms with Crippen molar-refractivity contribution in [2.75, 3.05) is 32.2 Å². The van der Waals surface area contributed by atoms with Crippen molar-refractivity contribution >= 4 is 34.7 Å². The van der Waals surface area contributed by atoms with Crippen LogP contribution in [0.2, 0.25) is 4.34 Å². The Bertz CT molecular complexity index is 1020. The summed E-state index contributed by atoms with van der Waals surface area (Å²) in [6, 6.07) is 12.6. The molecule has 1 N–H and O–H groups in total. The fourth-order valence-electron chi connectivity index (χ4n) is 2.91. The van der Waals surface area contributed by atoms with Crippen molar-refractivity contribution in [1.82, 2.24) is 9.78 Å². The van der Waals surface area contributed by atoms with Crippen LogP contribution in [0, 0.1) is 11.2 Å². The zero-order valence-corrected chi connectivity index (χ0v) is 19.2. The summed E-state index contributed by atoms with van der Waals surface area (Å²) in [5.41, 5.74) is -0.234. The summed E-state index contributed by atoms with van der Waals surface area (Å²) in [6.07, 6.45) is 0. The van der Waals surface area contributed by atoms with Crippen LogP contribution in [0.15, 0.2) is 42.5 Å². The average Bonchev–Trinajstić information content (AvgIpc) is 3.32. The van der Waals surface area contributed by atoms with E-state index in [1.807, 2.05) is 12.1 Å². The predicted octanol–water partition coefficient (Wildman–Crippen LogP) is 5.35. The normalized spacial score (nSPS) is 11.6. The van der Waals surface area contributed by atoms with Crippen molar-refractivity contribution < 1.29 is 18.7 Å². The third-order valence-electron chi connectivity index (χ3n) is 4.60. The van der Waals surface area contributed by atoms with Gasteiger partial charge in [0.05, 0.1) is 36.1 Å². The maximum atomic E-state index is 15.4. The van der Waals surface area contributed by atoms with Crippen molar-refractivity contribution in [3.63, 3.8) is 0 Å². The molecule has 0 spiro atoms. The number of aromatic nitrogens is 2. The quantitative estimate of drug-likeness (QED) is 0.409. The van der Waals surface area contributed by atoms with Crippen LogP contribution in [-0.4, -0.2) is 42.6 Å². The second-order valence-corrected chi connectivity index (χ2v) is 9.38. The van der Waals surface area contributed by atoms with Crippen LogP contribution in [0.5, 0.6) is 0 Å². The summed E-state index contributed by atoms with van der Waals surface area (Å²) in [4.78, 5) is 14.2. The number of thiophene rings is 1. The lowest BCUT2D eigenvalue weighted by Crippen LogP contribution is -2.35. The average molecular weight is 466 g/mol. The lowest BCUT2D eigenvalue weighted by Gasteiger charge is -2.23. The van der Waals surface area contributed by atoms with Gasteiger partial charge in [0.2, 0.25) is 0 Å². The molecule has 0 radical (unpaired) electrons. The molecule has 0 fully saturated rings. The first-order chi connectivity index (χ1) is 14.8. The fraction of sp³-hybridized carbons (Fsp3) is 0.364. The smallest absolute Gasteiger partial charge is 0.256 e. The largest absolute Gasteiger partial charge is 0.382 e. The number of methoxy groups -OCH3 is 1. The second kappa shape index (κ2) is 10.4. The van der Waals surface area contributed by atoms with E-state index in [-0.39, 0.29) is 24.0 Å². The summed E-state index contributed by atoms with van der Waals surface area (Å²) >= 11 is 7.38. The Morgan fingerprint density at radius 1 is 1.23 bits per heavy atom. The van der Waals surface area contributed by atoms with Gasteiger partial charge in [-0.3, -0.25) is 4.79 Å². The van der Waals surface area contributed by atoms with Crippen molar-refractivity contribution in [3.8, 4) is 11.3 Å². The Morgan fingerprint density at radius 3 is 2.61 bits per heavy atom. The van der Waals surface area contributed by atoms with E-state index in [4.69, 9.17) is 21.1 Å². The van der Waals surface area contributed by atoms with Gasteiger partial charge in [-0.1, -0.05) is 41.9 Å². The summed E-state index contributed by atoms with van der Waals surface area (Å²) < 4.78 is 27.7. The Balaban J connectivity index is 1.91. The number of rotatable bonds is 10. The molecule has 0 aliphatic carbocycles. The number of hydrogen-bond donors (Lipinski definition) is 1. The molecule has 0 atom stereocenters. The summed E-state index contributed by atoms with van der Waals surface area (Å²) in [5.74, 6) is -0.950. The Morgan fingerprint density at radius 2 is 1.97 bits per heavy atom. The van der Waals surface area contributed by atoms with Gasteiger partial charge in [-0.15, -0.1) is 11.3 Å². The molecule has 166 valence electrons. The van der Waals surface area contributed by atoms with Crippen LogP contribution in [0.1, 0.15) is 23.5 Å². The lowest BCUT2D eigenvalue weighted by molar-refractivity contribution is 0.0217. The van der Waals surface area contributed by atoms with E-state index in [9.17, 15) is 4.79 Å². The molecule has 0 aliphatic heterocycles. The molecule has 9 heteroatoms. The first kappa shape index (κ1) is 23.4. The van der Waals surface area contributed by atoms with Crippen LogP contribution in [0.3, 0.4) is 0 Å². The van der Waals surface area contributed by atoms with Crippen LogP contribution >= 0.6 is 22.9 Å². The van der Waals surface area contributed by atoms with Crippen molar-refractivity contribution in [2.24, 2.45) is 5.41 Å². The van der Waals surface area contributed by atoms with E-state index in [0.717, 1.165) is 9.56 Å². The molecular weight excluding hydrogens is 441 g/mol. The molecule has 6 nitrogen and oxygen atoms in total. The van der Waals surface area contributed by atoms with E-state index in [1.54, 1.807) is 51.3 Å². The standard InChI is InChI=1S/C22H25ClFN3O3S/c1-22(2,14-30-12-11-29-3)21(28)27-20(25-13-16-9-10-17(23)31-16)18(24)19(26-27)15-7-5-4-6-8-15/h4-10,25H,11-14H2,1-3H3. The zero-order chi connectivity index (χ0) is 22.4. The number of carbonyl (C=O) groups is 1. The Kier molecular flexibility index (Phi) is 7.83. The van der Waals surface area contributed by atoms with Gasteiger partial charge in [-0.2, -0.15) is 9.78 Å². The summed E-state index contributed by atoms with van der Waals surface area (Å²) in [7, 11) is 1.58. The molecule has 0 aliphatic rings. The Labute approximate surface area is 189 Å². The minimum atomic E-state index is -0.928. The molecule has 3 aromatic rings. The SMILES string of the molecule is COCCOCC(C)(C)C(=O)n1nc(-c2ccccc2)c(F)c1NCc1ccc(Cl)s1. The molecule has 0 saturated carbocycles. The number of hydrogen-bond acceptors (Lipinski definition) is 6. The van der Waals surface area contributed by atoms with Gasteiger partial charge < -0.3 is 14.8 Å². The molecule has 2 heterocycles. The molecule has 0 unspecified atom stereocenters. The van der Waals surface area contributed by atoms with Crippen LogP contribution < -0.4 is 5.32 Å². The Hall–Kier alpha value is -2.26. The number of benzene rings is 1. The number of nitrogens with zero attached hydrogens (tertiary/aromatic N) is 2. The number of nitrogens with one attached hydrogen (secondary N) is 1. The first-order valence-corrected chi connectivity index (χ1v) is 11.0. The summed E-state index contributed by atoms with van der Waals surface area (Å²) in [5, 5.41) is 7.36. The summed E-state index contributed by atoms with van der Waals surface area (Å²) in [6.45, 7) is 4.73. The number of carbonyl (C=O) groups excluding carboxylic acids is 1. The maximum absolute atomic E-state index is 15.4. The van der Waals surface area contributed by atoms with Crippen LogP contribution in [-0.2, 0) is 16.0 Å².